The summed E-state index contributed by atoms with van der Waals surface area (Å²) in [7, 11) is 0. The van der Waals surface area contributed by atoms with Gasteiger partial charge in [-0.2, -0.15) is 0 Å². The Morgan fingerprint density at radius 3 is 2.33 bits per heavy atom. The minimum Gasteiger partial charge on any atom is -0.481 e. The van der Waals surface area contributed by atoms with E-state index in [0.29, 0.717) is 5.56 Å². The van der Waals surface area contributed by atoms with Gasteiger partial charge in [0.05, 0.1) is 6.42 Å². The van der Waals surface area contributed by atoms with Gasteiger partial charge >= 0.3 is 5.97 Å². The monoisotopic (exact) mass is 204 g/mol. The lowest BCUT2D eigenvalue weighted by Crippen LogP contribution is -2.22. The van der Waals surface area contributed by atoms with Crippen molar-refractivity contribution in [2.75, 3.05) is 0 Å². The molecule has 1 heterocycles. The smallest absolute Gasteiger partial charge is 0.308 e. The summed E-state index contributed by atoms with van der Waals surface area (Å²) >= 11 is 0. The van der Waals surface area contributed by atoms with Crippen LogP contribution in [0.5, 0.6) is 0 Å². The summed E-state index contributed by atoms with van der Waals surface area (Å²) in [5.41, 5.74) is -0.495. The van der Waals surface area contributed by atoms with Crippen molar-refractivity contribution in [1.29, 1.82) is 0 Å². The van der Waals surface area contributed by atoms with E-state index in [1.54, 1.807) is 24.3 Å². The van der Waals surface area contributed by atoms with Crippen molar-refractivity contribution in [2.45, 2.75) is 12.1 Å². The highest BCUT2D eigenvalue weighted by molar-refractivity contribution is 5.69. The molecule has 1 aromatic carbocycles. The normalized spacial score (nSPS) is 16.8. The number of carbonyl (C=O) groups is 1. The van der Waals surface area contributed by atoms with E-state index in [2.05, 4.69) is 20.7 Å². The number of hydrogen-bond acceptors (Lipinski definition) is 5. The van der Waals surface area contributed by atoms with Gasteiger partial charge in [-0.15, -0.1) is 10.2 Å². The zero-order valence-electron chi connectivity index (χ0n) is 7.74. The molecule has 0 saturated carbocycles. The number of hydrogen-bond donors (Lipinski definition) is 1. The Bertz CT molecular complexity index is 415. The largest absolute Gasteiger partial charge is 0.481 e. The maximum atomic E-state index is 10.7. The van der Waals surface area contributed by atoms with Crippen LogP contribution < -0.4 is 0 Å². The first-order chi connectivity index (χ1) is 7.23. The highest BCUT2D eigenvalue weighted by Gasteiger charge is 2.37. The number of aliphatic carboxylic acids is 1. The standard InChI is InChI=1S/C9H8N4O2/c14-8(15)6-9(10-12-13-11-9)7-4-2-1-3-5-7/h1-5H,6H2,(H,14,15). The second-order valence-corrected chi connectivity index (χ2v) is 3.13. The third-order valence-corrected chi connectivity index (χ3v) is 2.09. The predicted octanol–water partition coefficient (Wildman–Crippen LogP) is 2.15. The van der Waals surface area contributed by atoms with Crippen LogP contribution in [0, 0.1) is 0 Å². The van der Waals surface area contributed by atoms with E-state index >= 15 is 0 Å². The average molecular weight is 204 g/mol. The second-order valence-electron chi connectivity index (χ2n) is 3.13. The van der Waals surface area contributed by atoms with Gasteiger partial charge in [-0.25, -0.2) is 0 Å². The van der Waals surface area contributed by atoms with Gasteiger partial charge in [-0.3, -0.25) is 4.79 Å². The van der Waals surface area contributed by atoms with E-state index in [9.17, 15) is 4.79 Å². The fourth-order valence-electron chi connectivity index (χ4n) is 1.41. The Morgan fingerprint density at radius 2 is 1.80 bits per heavy atom. The summed E-state index contributed by atoms with van der Waals surface area (Å²) in [4.78, 5) is 10.7. The number of carboxylic acids is 1. The molecule has 0 saturated heterocycles. The number of benzene rings is 1. The molecule has 1 aliphatic rings. The molecule has 76 valence electrons. The van der Waals surface area contributed by atoms with Crippen molar-refractivity contribution in [3.8, 4) is 0 Å². The van der Waals surface area contributed by atoms with Gasteiger partial charge < -0.3 is 5.11 Å². The molecule has 15 heavy (non-hydrogen) atoms. The SMILES string of the molecule is O=C(O)CC1(c2ccccc2)N=NN=N1. The predicted molar refractivity (Wildman–Crippen MR) is 50.1 cm³/mol. The molecule has 0 radical (unpaired) electrons. The van der Waals surface area contributed by atoms with Crippen molar-refractivity contribution >= 4 is 5.97 Å². The highest BCUT2D eigenvalue weighted by Crippen LogP contribution is 2.35. The topological polar surface area (TPSA) is 86.7 Å². The van der Waals surface area contributed by atoms with E-state index in [1.165, 1.54) is 0 Å². The first-order valence-corrected chi connectivity index (χ1v) is 4.34. The molecule has 1 aromatic rings. The first kappa shape index (κ1) is 9.45. The summed E-state index contributed by atoms with van der Waals surface area (Å²) in [5, 5.41) is 23.1. The van der Waals surface area contributed by atoms with Gasteiger partial charge in [0, 0.05) is 5.56 Å². The highest BCUT2D eigenvalue weighted by atomic mass is 16.4. The third kappa shape index (κ3) is 1.74. The minimum absolute atomic E-state index is 0.246. The molecule has 1 N–H and O–H groups in total. The van der Waals surface area contributed by atoms with E-state index in [0.717, 1.165) is 0 Å². The Morgan fingerprint density at radius 1 is 1.20 bits per heavy atom. The Labute approximate surface area is 85.3 Å². The number of rotatable bonds is 3. The molecule has 0 fully saturated rings. The maximum Gasteiger partial charge on any atom is 0.308 e. The number of nitrogens with zero attached hydrogens (tertiary/aromatic N) is 4. The molecule has 0 aliphatic carbocycles. The molecule has 2 rings (SSSR count). The van der Waals surface area contributed by atoms with Crippen LogP contribution in [-0.2, 0) is 10.5 Å². The number of carboxylic acid groups (broad SMARTS) is 1. The molecule has 0 bridgehead atoms. The molecule has 0 atom stereocenters. The van der Waals surface area contributed by atoms with Crippen LogP contribution in [-0.4, -0.2) is 11.1 Å². The zero-order chi connectivity index (χ0) is 10.7. The van der Waals surface area contributed by atoms with Gasteiger partial charge in [-0.05, 0) is 10.4 Å². The lowest BCUT2D eigenvalue weighted by atomic mass is 9.98. The zero-order valence-corrected chi connectivity index (χ0v) is 7.74. The molecular formula is C9H8N4O2. The quantitative estimate of drug-likeness (QED) is 0.817. The van der Waals surface area contributed by atoms with Crippen molar-refractivity contribution in [2.24, 2.45) is 20.7 Å². The minimum atomic E-state index is -1.17. The first-order valence-electron chi connectivity index (χ1n) is 4.34. The van der Waals surface area contributed by atoms with Gasteiger partial charge in [0.15, 0.2) is 0 Å². The average Bonchev–Trinajstić information content (AvgIpc) is 2.68. The molecule has 6 nitrogen and oxygen atoms in total. The maximum absolute atomic E-state index is 10.7. The van der Waals surface area contributed by atoms with Crippen molar-refractivity contribution in [3.05, 3.63) is 35.9 Å². The van der Waals surface area contributed by atoms with Crippen LogP contribution in [0.25, 0.3) is 0 Å². The van der Waals surface area contributed by atoms with Gasteiger partial charge in [0.1, 0.15) is 0 Å². The molecule has 0 unspecified atom stereocenters. The summed E-state index contributed by atoms with van der Waals surface area (Å²) < 4.78 is 0. The van der Waals surface area contributed by atoms with Crippen LogP contribution in [0.3, 0.4) is 0 Å². The van der Waals surface area contributed by atoms with E-state index < -0.39 is 11.6 Å². The van der Waals surface area contributed by atoms with Crippen LogP contribution in [0.15, 0.2) is 51.0 Å². The molecule has 1 aliphatic heterocycles. The molecular weight excluding hydrogens is 196 g/mol. The Balaban J connectivity index is 2.40. The van der Waals surface area contributed by atoms with Gasteiger partial charge in [0.2, 0.25) is 5.66 Å². The third-order valence-electron chi connectivity index (χ3n) is 2.09. The Kier molecular flexibility index (Phi) is 2.24. The molecule has 0 amide bonds. The van der Waals surface area contributed by atoms with Crippen LogP contribution >= 0.6 is 0 Å². The lowest BCUT2D eigenvalue weighted by Gasteiger charge is -2.17. The summed E-state index contributed by atoms with van der Waals surface area (Å²) in [6.45, 7) is 0. The van der Waals surface area contributed by atoms with E-state index in [1.807, 2.05) is 6.07 Å². The summed E-state index contributed by atoms with van der Waals surface area (Å²) in [6.07, 6.45) is -0.246. The fourth-order valence-corrected chi connectivity index (χ4v) is 1.41. The summed E-state index contributed by atoms with van der Waals surface area (Å²) in [6, 6.07) is 8.93. The fraction of sp³-hybridized carbons (Fsp3) is 0.222. The molecule has 0 aromatic heterocycles. The second kappa shape index (κ2) is 3.56. The Hall–Kier alpha value is -2.11. The van der Waals surface area contributed by atoms with Crippen LogP contribution in [0.4, 0.5) is 0 Å². The van der Waals surface area contributed by atoms with Crippen LogP contribution in [0.1, 0.15) is 12.0 Å². The van der Waals surface area contributed by atoms with Crippen molar-refractivity contribution in [1.82, 2.24) is 0 Å². The molecule has 0 spiro atoms. The van der Waals surface area contributed by atoms with Crippen molar-refractivity contribution < 1.29 is 9.90 Å². The van der Waals surface area contributed by atoms with Gasteiger partial charge in [-0.1, -0.05) is 30.3 Å². The van der Waals surface area contributed by atoms with E-state index in [4.69, 9.17) is 5.11 Å². The van der Waals surface area contributed by atoms with Crippen molar-refractivity contribution in [3.63, 3.8) is 0 Å². The van der Waals surface area contributed by atoms with Gasteiger partial charge in [0.25, 0.3) is 0 Å². The van der Waals surface area contributed by atoms with Crippen LogP contribution in [0.2, 0.25) is 0 Å². The summed E-state index contributed by atoms with van der Waals surface area (Å²) in [5.74, 6) is -0.987. The lowest BCUT2D eigenvalue weighted by molar-refractivity contribution is -0.138. The van der Waals surface area contributed by atoms with E-state index in [-0.39, 0.29) is 6.42 Å². The molecule has 6 heteroatoms.